The zero-order valence-electron chi connectivity index (χ0n) is 17.2. The SMILES string of the molecule is COc1cc(C=CC(=O)c2c(C)nn(-c3ccccc3)c2C)cc(OC)c1OC. The van der Waals surface area contributed by atoms with E-state index in [0.29, 0.717) is 28.5 Å². The summed E-state index contributed by atoms with van der Waals surface area (Å²) in [4.78, 5) is 12.9. The number of methoxy groups -OCH3 is 3. The van der Waals surface area contributed by atoms with Crippen LogP contribution in [0.1, 0.15) is 27.3 Å². The zero-order chi connectivity index (χ0) is 21.0. The van der Waals surface area contributed by atoms with E-state index in [0.717, 1.165) is 16.9 Å². The molecule has 29 heavy (non-hydrogen) atoms. The number of nitrogens with zero attached hydrogens (tertiary/aromatic N) is 2. The topological polar surface area (TPSA) is 62.6 Å². The van der Waals surface area contributed by atoms with Gasteiger partial charge >= 0.3 is 0 Å². The third-order valence-corrected chi connectivity index (χ3v) is 4.65. The molecular formula is C23H24N2O4. The molecule has 2 aromatic carbocycles. The van der Waals surface area contributed by atoms with Crippen molar-refractivity contribution in [1.29, 1.82) is 0 Å². The Labute approximate surface area is 170 Å². The smallest absolute Gasteiger partial charge is 0.203 e. The number of carbonyl (C=O) groups excluding carboxylic acids is 1. The molecule has 0 aliphatic rings. The van der Waals surface area contributed by atoms with E-state index in [4.69, 9.17) is 14.2 Å². The largest absolute Gasteiger partial charge is 0.493 e. The van der Waals surface area contributed by atoms with Gasteiger partial charge in [-0.2, -0.15) is 5.10 Å². The van der Waals surface area contributed by atoms with Gasteiger partial charge in [0.05, 0.1) is 44.0 Å². The molecule has 0 unspecified atom stereocenters. The molecule has 0 amide bonds. The second-order valence-electron chi connectivity index (χ2n) is 6.45. The Morgan fingerprint density at radius 1 is 0.966 bits per heavy atom. The van der Waals surface area contributed by atoms with E-state index in [9.17, 15) is 4.79 Å². The van der Waals surface area contributed by atoms with Crippen molar-refractivity contribution in [2.24, 2.45) is 0 Å². The van der Waals surface area contributed by atoms with E-state index in [-0.39, 0.29) is 5.78 Å². The van der Waals surface area contributed by atoms with Gasteiger partial charge in [-0.3, -0.25) is 4.79 Å². The Kier molecular flexibility index (Phi) is 6.02. The number of para-hydroxylation sites is 1. The molecule has 0 saturated carbocycles. The molecule has 6 heteroatoms. The summed E-state index contributed by atoms with van der Waals surface area (Å²) >= 11 is 0. The first-order chi connectivity index (χ1) is 14.0. The summed E-state index contributed by atoms with van der Waals surface area (Å²) < 4.78 is 17.8. The minimum atomic E-state index is -0.115. The third-order valence-electron chi connectivity index (χ3n) is 4.65. The van der Waals surface area contributed by atoms with E-state index < -0.39 is 0 Å². The molecule has 0 atom stereocenters. The quantitative estimate of drug-likeness (QED) is 0.440. The first-order valence-electron chi connectivity index (χ1n) is 9.14. The number of hydrogen-bond acceptors (Lipinski definition) is 5. The monoisotopic (exact) mass is 392 g/mol. The van der Waals surface area contributed by atoms with Gasteiger partial charge in [-0.1, -0.05) is 24.3 Å². The van der Waals surface area contributed by atoms with Crippen molar-refractivity contribution in [1.82, 2.24) is 9.78 Å². The van der Waals surface area contributed by atoms with Crippen LogP contribution in [0, 0.1) is 13.8 Å². The van der Waals surface area contributed by atoms with Crippen LogP contribution in [0.3, 0.4) is 0 Å². The number of aromatic nitrogens is 2. The van der Waals surface area contributed by atoms with Gasteiger partial charge in [-0.05, 0) is 49.8 Å². The van der Waals surface area contributed by atoms with Crippen molar-refractivity contribution in [2.75, 3.05) is 21.3 Å². The van der Waals surface area contributed by atoms with Crippen LogP contribution in [0.5, 0.6) is 17.2 Å². The number of aryl methyl sites for hydroxylation is 1. The number of carbonyl (C=O) groups is 1. The second-order valence-corrected chi connectivity index (χ2v) is 6.45. The number of hydrogen-bond donors (Lipinski definition) is 0. The van der Waals surface area contributed by atoms with Crippen molar-refractivity contribution < 1.29 is 19.0 Å². The molecular weight excluding hydrogens is 368 g/mol. The van der Waals surface area contributed by atoms with E-state index in [1.165, 1.54) is 6.08 Å². The molecule has 0 saturated heterocycles. The number of ether oxygens (including phenoxy) is 3. The maximum absolute atomic E-state index is 12.9. The van der Waals surface area contributed by atoms with Gasteiger partial charge in [0.25, 0.3) is 0 Å². The molecule has 3 aromatic rings. The molecule has 6 nitrogen and oxygen atoms in total. The third kappa shape index (κ3) is 4.01. The molecule has 1 heterocycles. The summed E-state index contributed by atoms with van der Waals surface area (Å²) in [5, 5.41) is 4.54. The van der Waals surface area contributed by atoms with Gasteiger partial charge in [-0.25, -0.2) is 4.68 Å². The molecule has 0 aliphatic carbocycles. The minimum Gasteiger partial charge on any atom is -0.493 e. The molecule has 150 valence electrons. The van der Waals surface area contributed by atoms with Gasteiger partial charge in [-0.15, -0.1) is 0 Å². The Bertz CT molecular complexity index is 1030. The summed E-state index contributed by atoms with van der Waals surface area (Å²) in [5.41, 5.74) is 3.76. The van der Waals surface area contributed by atoms with E-state index in [1.54, 1.807) is 44.2 Å². The lowest BCUT2D eigenvalue weighted by molar-refractivity contribution is 0.104. The number of ketones is 1. The van der Waals surface area contributed by atoms with Crippen LogP contribution in [-0.4, -0.2) is 36.9 Å². The summed E-state index contributed by atoms with van der Waals surface area (Å²) in [5.74, 6) is 1.46. The summed E-state index contributed by atoms with van der Waals surface area (Å²) in [7, 11) is 4.66. The first-order valence-corrected chi connectivity index (χ1v) is 9.14. The number of rotatable bonds is 7. The average Bonchev–Trinajstić information content (AvgIpc) is 3.05. The molecule has 0 fully saturated rings. The maximum Gasteiger partial charge on any atom is 0.203 e. The average molecular weight is 392 g/mol. The van der Waals surface area contributed by atoms with E-state index in [1.807, 2.05) is 44.2 Å². The lowest BCUT2D eigenvalue weighted by Gasteiger charge is -2.12. The molecule has 0 spiro atoms. The molecule has 1 aromatic heterocycles. The van der Waals surface area contributed by atoms with Crippen LogP contribution in [0.4, 0.5) is 0 Å². The van der Waals surface area contributed by atoms with Crippen molar-refractivity contribution in [3.8, 4) is 22.9 Å². The lowest BCUT2D eigenvalue weighted by atomic mass is 10.1. The van der Waals surface area contributed by atoms with Crippen LogP contribution < -0.4 is 14.2 Å². The van der Waals surface area contributed by atoms with E-state index >= 15 is 0 Å². The number of allylic oxidation sites excluding steroid dienone is 1. The van der Waals surface area contributed by atoms with Crippen molar-refractivity contribution in [3.63, 3.8) is 0 Å². The predicted molar refractivity (Wildman–Crippen MR) is 113 cm³/mol. The highest BCUT2D eigenvalue weighted by Crippen LogP contribution is 2.38. The molecule has 0 aliphatic heterocycles. The fraction of sp³-hybridized carbons (Fsp3) is 0.217. The van der Waals surface area contributed by atoms with Crippen LogP contribution in [-0.2, 0) is 0 Å². The lowest BCUT2D eigenvalue weighted by Crippen LogP contribution is -2.01. The highest BCUT2D eigenvalue weighted by atomic mass is 16.5. The highest BCUT2D eigenvalue weighted by Gasteiger charge is 2.18. The second kappa shape index (κ2) is 8.65. The molecule has 0 N–H and O–H groups in total. The van der Waals surface area contributed by atoms with Crippen LogP contribution in [0.25, 0.3) is 11.8 Å². The molecule has 0 radical (unpaired) electrons. The van der Waals surface area contributed by atoms with Crippen molar-refractivity contribution >= 4 is 11.9 Å². The number of benzene rings is 2. The summed E-state index contributed by atoms with van der Waals surface area (Å²) in [6.45, 7) is 3.74. The molecule has 3 rings (SSSR count). The van der Waals surface area contributed by atoms with Crippen LogP contribution in [0.15, 0.2) is 48.5 Å². The van der Waals surface area contributed by atoms with Gasteiger partial charge in [0.15, 0.2) is 17.3 Å². The fourth-order valence-corrected chi connectivity index (χ4v) is 3.27. The highest BCUT2D eigenvalue weighted by molar-refractivity contribution is 6.08. The van der Waals surface area contributed by atoms with Gasteiger partial charge in [0.1, 0.15) is 0 Å². The fourth-order valence-electron chi connectivity index (χ4n) is 3.27. The predicted octanol–water partition coefficient (Wildman–Crippen LogP) is 4.41. The zero-order valence-corrected chi connectivity index (χ0v) is 17.2. The summed E-state index contributed by atoms with van der Waals surface area (Å²) in [6.07, 6.45) is 3.26. The van der Waals surface area contributed by atoms with E-state index in [2.05, 4.69) is 5.10 Å². The summed E-state index contributed by atoms with van der Waals surface area (Å²) in [6, 6.07) is 13.3. The standard InChI is InChI=1S/C23H24N2O4/c1-15-22(16(2)25(24-15)18-9-7-6-8-10-18)19(26)12-11-17-13-20(27-3)23(29-5)21(14-17)28-4/h6-14H,1-5H3. The Morgan fingerprint density at radius 3 is 2.14 bits per heavy atom. The Morgan fingerprint density at radius 2 is 1.59 bits per heavy atom. The van der Waals surface area contributed by atoms with Crippen molar-refractivity contribution in [2.45, 2.75) is 13.8 Å². The van der Waals surface area contributed by atoms with Crippen molar-refractivity contribution in [3.05, 3.63) is 71.1 Å². The normalized spacial score (nSPS) is 10.9. The minimum absolute atomic E-state index is 0.115. The van der Waals surface area contributed by atoms with Crippen LogP contribution in [0.2, 0.25) is 0 Å². The molecule has 0 bridgehead atoms. The van der Waals surface area contributed by atoms with Gasteiger partial charge in [0.2, 0.25) is 5.75 Å². The first kappa shape index (κ1) is 20.2. The Hall–Kier alpha value is -3.54. The van der Waals surface area contributed by atoms with Gasteiger partial charge < -0.3 is 14.2 Å². The maximum atomic E-state index is 12.9. The Balaban J connectivity index is 1.93. The van der Waals surface area contributed by atoms with Gasteiger partial charge in [0, 0.05) is 0 Å². The van der Waals surface area contributed by atoms with Crippen LogP contribution >= 0.6 is 0 Å².